The molecule has 0 unspecified atom stereocenters. The second-order valence-electron chi connectivity index (χ2n) is 8.46. The van der Waals surface area contributed by atoms with Crippen LogP contribution in [-0.4, -0.2) is 64.8 Å². The first-order chi connectivity index (χ1) is 15.7. The number of nitrogens with zero attached hydrogens (tertiary/aromatic N) is 2. The minimum absolute atomic E-state index is 0.0650. The molecule has 0 heterocycles. The Bertz CT molecular complexity index is 1300. The molecule has 0 atom stereocenters. The number of nitrogens with one attached hydrogen (secondary N) is 2. The highest BCUT2D eigenvalue weighted by Gasteiger charge is 2.23. The van der Waals surface area contributed by atoms with Gasteiger partial charge in [-0.1, -0.05) is 30.4 Å². The zero-order valence-electron chi connectivity index (χ0n) is 20.4. The number of benzene rings is 2. The fourth-order valence-corrected chi connectivity index (χ4v) is 5.60. The number of anilines is 1. The van der Waals surface area contributed by atoms with Gasteiger partial charge in [0.2, 0.25) is 20.0 Å². The fourth-order valence-electron chi connectivity index (χ4n) is 2.98. The standard InChI is InChI=1S/C23H32N4O4S3/c1-16(2)24-23(32)25-20-13-12-19(22(15-20)34(30,31)27(6)7)11-10-18-9-8-17(3)14-21(18)33(28,29)26(4)5/h8-16H,1-7H3,(H2,24,25,32)/b11-10+. The van der Waals surface area contributed by atoms with Gasteiger partial charge in [-0.05, 0) is 67.9 Å². The van der Waals surface area contributed by atoms with Gasteiger partial charge >= 0.3 is 0 Å². The van der Waals surface area contributed by atoms with E-state index in [1.54, 1.807) is 36.4 Å². The molecule has 0 aliphatic heterocycles. The SMILES string of the molecule is Cc1ccc(/C=C/c2ccc(NC(=S)NC(C)C)cc2S(=O)(=O)N(C)C)c(S(=O)(=O)N(C)C)c1. The van der Waals surface area contributed by atoms with Gasteiger partial charge in [0.05, 0.1) is 9.79 Å². The largest absolute Gasteiger partial charge is 0.360 e. The van der Waals surface area contributed by atoms with Crippen LogP contribution < -0.4 is 10.6 Å². The molecule has 2 aromatic carbocycles. The molecule has 186 valence electrons. The van der Waals surface area contributed by atoms with Crippen LogP contribution in [0.1, 0.15) is 30.5 Å². The molecule has 0 aliphatic carbocycles. The zero-order valence-corrected chi connectivity index (χ0v) is 22.9. The first-order valence-electron chi connectivity index (χ1n) is 10.5. The van der Waals surface area contributed by atoms with Gasteiger partial charge in [-0.3, -0.25) is 0 Å². The van der Waals surface area contributed by atoms with E-state index in [4.69, 9.17) is 12.2 Å². The zero-order chi connectivity index (χ0) is 25.8. The molecular formula is C23H32N4O4S3. The molecule has 8 nitrogen and oxygen atoms in total. The molecule has 0 spiro atoms. The van der Waals surface area contributed by atoms with Crippen molar-refractivity contribution in [2.75, 3.05) is 33.5 Å². The molecule has 0 fully saturated rings. The molecule has 0 amide bonds. The summed E-state index contributed by atoms with van der Waals surface area (Å²) in [5.41, 5.74) is 2.18. The van der Waals surface area contributed by atoms with Gasteiger partial charge in [-0.25, -0.2) is 25.4 Å². The topological polar surface area (TPSA) is 98.8 Å². The molecule has 0 bridgehead atoms. The van der Waals surface area contributed by atoms with Crippen molar-refractivity contribution < 1.29 is 16.8 Å². The van der Waals surface area contributed by atoms with E-state index in [2.05, 4.69) is 10.6 Å². The first-order valence-corrected chi connectivity index (χ1v) is 13.8. The van der Waals surface area contributed by atoms with E-state index in [9.17, 15) is 16.8 Å². The third-order valence-electron chi connectivity index (χ3n) is 4.82. The van der Waals surface area contributed by atoms with Gasteiger partial charge in [0.15, 0.2) is 5.11 Å². The summed E-state index contributed by atoms with van der Waals surface area (Å²) in [5.74, 6) is 0. The van der Waals surface area contributed by atoms with E-state index in [0.29, 0.717) is 21.9 Å². The Balaban J connectivity index is 2.59. The number of sulfonamides is 2. The number of hydrogen-bond acceptors (Lipinski definition) is 5. The van der Waals surface area contributed by atoms with Crippen LogP contribution >= 0.6 is 12.2 Å². The van der Waals surface area contributed by atoms with Gasteiger partial charge in [0.1, 0.15) is 0 Å². The summed E-state index contributed by atoms with van der Waals surface area (Å²) in [7, 11) is -1.65. The molecule has 0 saturated heterocycles. The second kappa shape index (κ2) is 11.0. The van der Waals surface area contributed by atoms with Crippen molar-refractivity contribution in [2.45, 2.75) is 36.6 Å². The number of hydrogen-bond donors (Lipinski definition) is 2. The predicted molar refractivity (Wildman–Crippen MR) is 143 cm³/mol. The Hall–Kier alpha value is -2.31. The molecule has 0 aromatic heterocycles. The van der Waals surface area contributed by atoms with Crippen LogP contribution in [0.15, 0.2) is 46.2 Å². The summed E-state index contributed by atoms with van der Waals surface area (Å²) < 4.78 is 54.0. The van der Waals surface area contributed by atoms with Crippen LogP contribution in [-0.2, 0) is 20.0 Å². The van der Waals surface area contributed by atoms with Gasteiger partial charge in [0.25, 0.3) is 0 Å². The Morgan fingerprint density at radius 2 is 1.32 bits per heavy atom. The lowest BCUT2D eigenvalue weighted by Gasteiger charge is -2.17. The molecule has 2 rings (SSSR count). The van der Waals surface area contributed by atoms with E-state index in [0.717, 1.165) is 14.2 Å². The smallest absolute Gasteiger partial charge is 0.243 e. The Labute approximate surface area is 208 Å². The molecule has 34 heavy (non-hydrogen) atoms. The van der Waals surface area contributed by atoms with Crippen molar-refractivity contribution in [1.29, 1.82) is 0 Å². The average molecular weight is 525 g/mol. The second-order valence-corrected chi connectivity index (χ2v) is 13.1. The van der Waals surface area contributed by atoms with Gasteiger partial charge in [-0.2, -0.15) is 0 Å². The van der Waals surface area contributed by atoms with Gasteiger partial charge < -0.3 is 10.6 Å². The quantitative estimate of drug-likeness (QED) is 0.404. The van der Waals surface area contributed by atoms with Crippen LogP contribution in [0.5, 0.6) is 0 Å². The third-order valence-corrected chi connectivity index (χ3v) is 8.78. The number of thiocarbonyl (C=S) groups is 1. The van der Waals surface area contributed by atoms with Crippen LogP contribution in [0.3, 0.4) is 0 Å². The minimum Gasteiger partial charge on any atom is -0.360 e. The lowest BCUT2D eigenvalue weighted by molar-refractivity contribution is 0.519. The molecule has 2 N–H and O–H groups in total. The predicted octanol–water partition coefficient (Wildman–Crippen LogP) is 3.36. The lowest BCUT2D eigenvalue weighted by Crippen LogP contribution is -2.34. The van der Waals surface area contributed by atoms with Crippen LogP contribution in [0.25, 0.3) is 12.2 Å². The summed E-state index contributed by atoms with van der Waals surface area (Å²) in [6.45, 7) is 5.70. The van der Waals surface area contributed by atoms with E-state index in [-0.39, 0.29) is 15.8 Å². The summed E-state index contributed by atoms with van der Waals surface area (Å²) in [5, 5.41) is 6.43. The monoisotopic (exact) mass is 524 g/mol. The highest BCUT2D eigenvalue weighted by Crippen LogP contribution is 2.27. The van der Waals surface area contributed by atoms with E-state index >= 15 is 0 Å². The van der Waals surface area contributed by atoms with Crippen LogP contribution in [0, 0.1) is 6.92 Å². The van der Waals surface area contributed by atoms with Crippen molar-refractivity contribution in [3.63, 3.8) is 0 Å². The number of aryl methyl sites for hydroxylation is 1. The van der Waals surface area contributed by atoms with Crippen molar-refractivity contribution >= 4 is 55.2 Å². The molecule has 0 aliphatic rings. The fraction of sp³-hybridized carbons (Fsp3) is 0.348. The summed E-state index contributed by atoms with van der Waals surface area (Å²) in [6, 6.07) is 10.1. The molecular weight excluding hydrogens is 492 g/mol. The van der Waals surface area contributed by atoms with Crippen LogP contribution in [0.2, 0.25) is 0 Å². The van der Waals surface area contributed by atoms with Gasteiger partial charge in [-0.15, -0.1) is 0 Å². The average Bonchev–Trinajstić information content (AvgIpc) is 2.72. The maximum absolute atomic E-state index is 13.1. The van der Waals surface area contributed by atoms with Crippen molar-refractivity contribution in [3.8, 4) is 0 Å². The Morgan fingerprint density at radius 1 is 0.853 bits per heavy atom. The Morgan fingerprint density at radius 3 is 1.79 bits per heavy atom. The van der Waals surface area contributed by atoms with Crippen molar-refractivity contribution in [1.82, 2.24) is 13.9 Å². The highest BCUT2D eigenvalue weighted by atomic mass is 32.2. The molecule has 0 radical (unpaired) electrons. The van der Waals surface area contributed by atoms with Crippen LogP contribution in [0.4, 0.5) is 5.69 Å². The molecule has 2 aromatic rings. The molecule has 11 heteroatoms. The summed E-state index contributed by atoms with van der Waals surface area (Å²) >= 11 is 5.27. The normalized spacial score (nSPS) is 12.6. The summed E-state index contributed by atoms with van der Waals surface area (Å²) in [6.07, 6.45) is 3.21. The van der Waals surface area contributed by atoms with E-state index in [1.807, 2.05) is 26.8 Å². The van der Waals surface area contributed by atoms with Crippen molar-refractivity contribution in [3.05, 3.63) is 53.1 Å². The van der Waals surface area contributed by atoms with Crippen molar-refractivity contribution in [2.24, 2.45) is 0 Å². The maximum Gasteiger partial charge on any atom is 0.243 e. The van der Waals surface area contributed by atoms with Gasteiger partial charge in [0, 0.05) is 39.9 Å². The van der Waals surface area contributed by atoms with E-state index < -0.39 is 20.0 Å². The lowest BCUT2D eigenvalue weighted by atomic mass is 10.1. The number of rotatable bonds is 8. The highest BCUT2D eigenvalue weighted by molar-refractivity contribution is 7.89. The minimum atomic E-state index is -3.80. The molecule has 0 saturated carbocycles. The Kier molecular flexibility index (Phi) is 9.00. The summed E-state index contributed by atoms with van der Waals surface area (Å²) in [4.78, 5) is 0.212. The van der Waals surface area contributed by atoms with E-state index in [1.165, 1.54) is 34.3 Å². The first kappa shape index (κ1) is 27.9. The maximum atomic E-state index is 13.1. The third kappa shape index (κ3) is 6.63.